The van der Waals surface area contributed by atoms with E-state index in [0.29, 0.717) is 18.0 Å². The summed E-state index contributed by atoms with van der Waals surface area (Å²) >= 11 is 0. The Morgan fingerprint density at radius 1 is 1.06 bits per heavy atom. The van der Waals surface area contributed by atoms with Crippen LogP contribution >= 0.6 is 0 Å². The fourth-order valence-corrected chi connectivity index (χ4v) is 5.19. The molecule has 3 aromatic carbocycles. The Morgan fingerprint density at radius 3 is 2.69 bits per heavy atom. The minimum absolute atomic E-state index is 0.0224. The number of carbonyl (C=O) groups is 2. The van der Waals surface area contributed by atoms with Crippen LogP contribution in [0.5, 0.6) is 11.5 Å². The van der Waals surface area contributed by atoms with Crippen molar-refractivity contribution in [3.63, 3.8) is 0 Å². The van der Waals surface area contributed by atoms with Crippen molar-refractivity contribution in [2.24, 2.45) is 0 Å². The average molecular weight is 471 g/mol. The van der Waals surface area contributed by atoms with Crippen LogP contribution in [0.25, 0.3) is 11.1 Å². The molecule has 2 heterocycles. The lowest BCUT2D eigenvalue weighted by atomic mass is 9.92. The molecule has 3 aliphatic rings. The molecule has 1 unspecified atom stereocenters. The first-order chi connectivity index (χ1) is 16.9. The van der Waals surface area contributed by atoms with E-state index in [9.17, 15) is 14.7 Å². The number of benzene rings is 3. The lowest BCUT2D eigenvalue weighted by Gasteiger charge is -2.18. The Hall–Kier alpha value is -4.00. The van der Waals surface area contributed by atoms with E-state index in [1.54, 1.807) is 0 Å². The van der Waals surface area contributed by atoms with Gasteiger partial charge in [-0.05, 0) is 84.0 Å². The number of carbonyl (C=O) groups excluding carboxylic acids is 1. The van der Waals surface area contributed by atoms with Gasteiger partial charge in [0.25, 0.3) is 0 Å². The molecule has 0 saturated heterocycles. The molecule has 6 rings (SSSR count). The molecule has 3 N–H and O–H groups in total. The maximum absolute atomic E-state index is 13.4. The van der Waals surface area contributed by atoms with Gasteiger partial charge in [0.2, 0.25) is 12.7 Å². The molecule has 7 heteroatoms. The van der Waals surface area contributed by atoms with Crippen LogP contribution in [0.4, 0.5) is 11.4 Å². The second-order valence-corrected chi connectivity index (χ2v) is 9.61. The maximum Gasteiger partial charge on any atom is 0.304 e. The normalized spacial score (nSPS) is 18.5. The van der Waals surface area contributed by atoms with Crippen molar-refractivity contribution in [1.82, 2.24) is 0 Å². The fraction of sp³-hybridized carbons (Fsp3) is 0.286. The van der Waals surface area contributed by atoms with Gasteiger partial charge in [-0.3, -0.25) is 9.59 Å². The summed E-state index contributed by atoms with van der Waals surface area (Å²) < 4.78 is 10.9. The minimum Gasteiger partial charge on any atom is -0.481 e. The number of nitrogens with one attached hydrogen (secondary N) is 2. The number of anilines is 2. The Labute approximate surface area is 203 Å². The number of fused-ring (bicyclic) bond motifs is 2. The number of ether oxygens (including phenoxy) is 2. The van der Waals surface area contributed by atoms with Gasteiger partial charge < -0.3 is 25.2 Å². The number of hydrogen-bond acceptors (Lipinski definition) is 5. The van der Waals surface area contributed by atoms with Crippen molar-refractivity contribution in [3.8, 4) is 22.6 Å². The summed E-state index contributed by atoms with van der Waals surface area (Å²) in [6, 6.07) is 17.8. The standard InChI is InChI=1S/C28H26N2O5/c1-16-2-5-20(13-21(16)17-3-6-23-22(10-17)18(14-29-23)11-26(31)32)30-27(33)28(8-9-28)19-4-7-24-25(12-19)35-15-34-24/h2-7,10,12-13,18,29H,8-9,11,14-15H2,1H3,(H,30,33)(H,31,32). The van der Waals surface area contributed by atoms with E-state index >= 15 is 0 Å². The first kappa shape index (κ1) is 21.5. The second kappa shape index (κ2) is 8.05. The van der Waals surface area contributed by atoms with Gasteiger partial charge >= 0.3 is 5.97 Å². The number of hydrogen-bond donors (Lipinski definition) is 3. The molecule has 35 heavy (non-hydrogen) atoms. The molecule has 0 bridgehead atoms. The highest BCUT2D eigenvalue weighted by atomic mass is 16.7. The van der Waals surface area contributed by atoms with Gasteiger partial charge in [0.15, 0.2) is 11.5 Å². The van der Waals surface area contributed by atoms with Crippen molar-refractivity contribution in [2.45, 2.75) is 37.5 Å². The number of aryl methyl sites for hydroxylation is 1. The lowest BCUT2D eigenvalue weighted by Crippen LogP contribution is -2.27. The van der Waals surface area contributed by atoms with Crippen molar-refractivity contribution in [1.29, 1.82) is 0 Å². The predicted molar refractivity (Wildman–Crippen MR) is 132 cm³/mol. The molecule has 1 aliphatic carbocycles. The van der Waals surface area contributed by atoms with Crippen LogP contribution < -0.4 is 20.1 Å². The number of rotatable bonds is 6. The van der Waals surface area contributed by atoms with Gasteiger partial charge in [0, 0.05) is 23.8 Å². The smallest absolute Gasteiger partial charge is 0.304 e. The molecule has 0 spiro atoms. The Kier molecular flexibility index (Phi) is 4.95. The molecule has 178 valence electrons. The quantitative estimate of drug-likeness (QED) is 0.467. The van der Waals surface area contributed by atoms with E-state index in [2.05, 4.69) is 16.7 Å². The molecule has 1 fully saturated rings. The molecular formula is C28H26N2O5. The zero-order valence-electron chi connectivity index (χ0n) is 19.4. The number of carboxylic acids is 1. The van der Waals surface area contributed by atoms with Gasteiger partial charge in [0.05, 0.1) is 11.8 Å². The van der Waals surface area contributed by atoms with Crippen LogP contribution in [0.15, 0.2) is 54.6 Å². The zero-order valence-corrected chi connectivity index (χ0v) is 19.4. The largest absolute Gasteiger partial charge is 0.481 e. The van der Waals surface area contributed by atoms with E-state index in [1.807, 2.05) is 55.5 Å². The SMILES string of the molecule is Cc1ccc(NC(=O)C2(c3ccc4c(c3)OCO4)CC2)cc1-c1ccc2c(c1)C(CC(=O)O)CN2. The monoisotopic (exact) mass is 470 g/mol. The van der Waals surface area contributed by atoms with Crippen LogP contribution in [0.2, 0.25) is 0 Å². The topological polar surface area (TPSA) is 96.9 Å². The second-order valence-electron chi connectivity index (χ2n) is 9.61. The summed E-state index contributed by atoms with van der Waals surface area (Å²) in [5.41, 5.74) is 6.26. The Balaban J connectivity index is 1.26. The third-order valence-corrected chi connectivity index (χ3v) is 7.37. The predicted octanol–water partition coefficient (Wildman–Crippen LogP) is 5.04. The zero-order chi connectivity index (χ0) is 24.2. The summed E-state index contributed by atoms with van der Waals surface area (Å²) in [6.45, 7) is 2.87. The van der Waals surface area contributed by atoms with Crippen LogP contribution in [0.3, 0.4) is 0 Å². The van der Waals surface area contributed by atoms with Crippen molar-refractivity contribution in [3.05, 3.63) is 71.3 Å². The first-order valence-electron chi connectivity index (χ1n) is 11.9. The highest BCUT2D eigenvalue weighted by Gasteiger charge is 2.51. The van der Waals surface area contributed by atoms with Gasteiger partial charge in [-0.2, -0.15) is 0 Å². The molecule has 1 amide bonds. The minimum atomic E-state index is -0.799. The Bertz CT molecular complexity index is 1360. The summed E-state index contributed by atoms with van der Waals surface area (Å²) in [7, 11) is 0. The van der Waals surface area contributed by atoms with E-state index in [0.717, 1.165) is 52.0 Å². The summed E-state index contributed by atoms with van der Waals surface area (Å²) in [5, 5.41) is 15.7. The van der Waals surface area contributed by atoms with Crippen LogP contribution in [-0.4, -0.2) is 30.3 Å². The van der Waals surface area contributed by atoms with E-state index in [1.165, 1.54) is 0 Å². The van der Waals surface area contributed by atoms with Crippen molar-refractivity contribution < 1.29 is 24.2 Å². The Morgan fingerprint density at radius 2 is 1.89 bits per heavy atom. The molecule has 3 aromatic rings. The van der Waals surface area contributed by atoms with Crippen molar-refractivity contribution in [2.75, 3.05) is 24.0 Å². The van der Waals surface area contributed by atoms with E-state index < -0.39 is 11.4 Å². The number of amides is 1. The van der Waals surface area contributed by atoms with E-state index in [-0.39, 0.29) is 25.0 Å². The highest BCUT2D eigenvalue weighted by molar-refractivity contribution is 6.02. The molecule has 7 nitrogen and oxygen atoms in total. The van der Waals surface area contributed by atoms with Crippen LogP contribution in [0.1, 0.15) is 41.9 Å². The molecule has 2 aliphatic heterocycles. The first-order valence-corrected chi connectivity index (χ1v) is 11.9. The summed E-state index contributed by atoms with van der Waals surface area (Å²) in [5.74, 6) is 0.523. The lowest BCUT2D eigenvalue weighted by molar-refractivity contribution is -0.137. The third kappa shape index (κ3) is 3.77. The molecule has 0 radical (unpaired) electrons. The van der Waals surface area contributed by atoms with Crippen LogP contribution in [-0.2, 0) is 15.0 Å². The van der Waals surface area contributed by atoms with Gasteiger partial charge in [-0.15, -0.1) is 0 Å². The highest BCUT2D eigenvalue weighted by Crippen LogP contribution is 2.51. The van der Waals surface area contributed by atoms with Gasteiger partial charge in [0.1, 0.15) is 0 Å². The molecule has 0 aromatic heterocycles. The summed E-state index contributed by atoms with van der Waals surface area (Å²) in [6.07, 6.45) is 1.68. The van der Waals surface area contributed by atoms with E-state index in [4.69, 9.17) is 9.47 Å². The van der Waals surface area contributed by atoms with Gasteiger partial charge in [-0.25, -0.2) is 0 Å². The summed E-state index contributed by atoms with van der Waals surface area (Å²) in [4.78, 5) is 24.7. The van der Waals surface area contributed by atoms with Gasteiger partial charge in [-0.1, -0.05) is 18.2 Å². The molecule has 1 saturated carbocycles. The number of aliphatic carboxylic acids is 1. The number of carboxylic acid groups (broad SMARTS) is 1. The maximum atomic E-state index is 13.4. The molecule has 1 atom stereocenters. The average Bonchev–Trinajstić information content (AvgIpc) is 3.37. The fourth-order valence-electron chi connectivity index (χ4n) is 5.19. The van der Waals surface area contributed by atoms with Crippen molar-refractivity contribution >= 4 is 23.3 Å². The third-order valence-electron chi connectivity index (χ3n) is 7.37. The van der Waals surface area contributed by atoms with Crippen LogP contribution in [0, 0.1) is 6.92 Å². The molecular weight excluding hydrogens is 444 g/mol.